The Labute approximate surface area is 880 Å². The van der Waals surface area contributed by atoms with Gasteiger partial charge in [0, 0.05) is 228 Å². The summed E-state index contributed by atoms with van der Waals surface area (Å²) in [5.41, 5.74) is 29.0. The zero-order valence-electron chi connectivity index (χ0n) is 84.0. The van der Waals surface area contributed by atoms with Crippen LogP contribution in [0.1, 0.15) is 145 Å². The average Bonchev–Trinajstić information content (AvgIpc) is 0.723. The van der Waals surface area contributed by atoms with E-state index in [1.54, 1.807) is 0 Å². The largest absolute Gasteiger partial charge is 0.378 e. The van der Waals surface area contributed by atoms with Crippen LogP contribution < -0.4 is 105 Å². The summed E-state index contributed by atoms with van der Waals surface area (Å²) < 4.78 is 11.1. The number of morpholine rings is 2. The second kappa shape index (κ2) is 40.9. The normalized spacial score (nSPS) is 20.3. The molecule has 8 fully saturated rings. The van der Waals surface area contributed by atoms with E-state index in [2.05, 4.69) is 313 Å². The summed E-state index contributed by atoms with van der Waals surface area (Å²) in [6, 6.07) is 87.2. The highest BCUT2D eigenvalue weighted by molar-refractivity contribution is 8.03. The van der Waals surface area contributed by atoms with Crippen molar-refractivity contribution in [1.29, 1.82) is 0 Å². The molecule has 142 heavy (non-hydrogen) atoms. The first kappa shape index (κ1) is 95.0. The molecule has 22 heteroatoms. The predicted molar refractivity (Wildman–Crippen MR) is 617 cm³/mol. The van der Waals surface area contributed by atoms with Crippen LogP contribution in [-0.2, 0) is 9.47 Å². The molecule has 16 heterocycles. The van der Waals surface area contributed by atoms with Crippen LogP contribution in [0.2, 0.25) is 0 Å². The van der Waals surface area contributed by atoms with Crippen LogP contribution in [0.15, 0.2) is 297 Å². The van der Waals surface area contributed by atoms with Gasteiger partial charge >= 0.3 is 0 Å². The van der Waals surface area contributed by atoms with Crippen molar-refractivity contribution in [2.45, 2.75) is 236 Å². The first-order valence-electron chi connectivity index (χ1n) is 53.9. The van der Waals surface area contributed by atoms with Gasteiger partial charge in [-0.25, -0.2) is 0 Å². The Balaban J connectivity index is 0.0000000997. The maximum atomic E-state index is 5.57. The highest BCUT2D eigenvalue weighted by Gasteiger charge is 2.45. The van der Waals surface area contributed by atoms with Crippen LogP contribution in [0.25, 0.3) is 0 Å². The zero-order valence-corrected chi connectivity index (χ0v) is 90.5. The number of anilines is 8. The number of nitrogens with zero attached hydrogens (tertiary/aromatic N) is 8. The number of benzene rings is 12. The maximum Gasteiger partial charge on any atom is 0.247 e. The van der Waals surface area contributed by atoms with E-state index in [-0.39, 0.29) is 0 Å². The summed E-state index contributed by atoms with van der Waals surface area (Å²) in [5, 5.41) is 0. The molecule has 2 unspecified atom stereocenters. The van der Waals surface area contributed by atoms with Crippen LogP contribution in [0, 0.1) is 35.5 Å². The summed E-state index contributed by atoms with van der Waals surface area (Å²) in [5.74, 6) is 5.07. The molecule has 0 saturated carbocycles. The standard InChI is InChI=1S/C34H41BN2S2.2C30H33BN2S2.C26H25BN2O2S2/c1-22(2)24-12-16-36(17-13-24)26-8-10-28-32(20-26)38-30-6-5-7-31-34(30)35(28)29-11-9-27(21-33(29)39-31)37-18-14-25(15-19-37)23(3)4;1-20-8-3-5-16-32(20)22-12-14-24-28(18-22)34-26-10-7-11-27-30(26)31(24)25-15-13-23(19-29(25)35-27)33-17-6-4-9-21(33)2;1-20-10-14-32(15-11-20)22-6-8-24-28(18-22)34-26-4-3-5-27-30(26)31(24)25-9-7-23(19-29(25)35-27)33-16-12-21(2)13-17-33;1-2-22-26-23(3-1)33-25-17-19(29-10-14-31-15-11-29)5-7-21(25)27(26)20-6-4-18(16-24(20)32-22)28-8-12-30-13-9-28/h5-11,20-25H,12-19H2,1-4H3;7,10-15,18-21H,3-6,8-9,16-17H2,1-2H3;3-9,18-21H,10-17H2,1-2H3;1-7,16-17H,8-15H2. The van der Waals surface area contributed by atoms with Gasteiger partial charge < -0.3 is 48.7 Å². The van der Waals surface area contributed by atoms with Gasteiger partial charge in [-0.1, -0.05) is 252 Å². The molecule has 16 aliphatic heterocycles. The van der Waals surface area contributed by atoms with Gasteiger partial charge in [0.15, 0.2) is 0 Å². The van der Waals surface area contributed by atoms with Crippen LogP contribution in [-0.4, -0.2) is 157 Å². The number of ether oxygens (including phenoxy) is 2. The third-order valence-electron chi connectivity index (χ3n) is 34.5. The molecule has 0 aromatic heterocycles. The summed E-state index contributed by atoms with van der Waals surface area (Å²) in [4.78, 5) is 43.6. The van der Waals surface area contributed by atoms with Gasteiger partial charge in [-0.15, -0.1) is 0 Å². The molecular weight excluding hydrogens is 1890 g/mol. The smallest absolute Gasteiger partial charge is 0.247 e. The molecule has 0 bridgehead atoms. The van der Waals surface area contributed by atoms with Crippen molar-refractivity contribution in [3.05, 3.63) is 218 Å². The molecule has 28 rings (SSSR count). The fourth-order valence-corrected chi connectivity index (χ4v) is 35.8. The van der Waals surface area contributed by atoms with Crippen molar-refractivity contribution in [3.63, 3.8) is 0 Å². The highest BCUT2D eigenvalue weighted by atomic mass is 32.2. The Morgan fingerprint density at radius 2 is 0.430 bits per heavy atom. The Bertz CT molecular complexity index is 6380. The third-order valence-corrected chi connectivity index (χ3v) is 43.7. The molecular formula is C120H132B4N8O2S8. The molecule has 0 amide bonds. The lowest BCUT2D eigenvalue weighted by Crippen LogP contribution is -2.58. The summed E-state index contributed by atoms with van der Waals surface area (Å²) >= 11 is 15.8. The van der Waals surface area contributed by atoms with Gasteiger partial charge in [-0.05, 0) is 307 Å². The maximum absolute atomic E-state index is 5.57. The minimum Gasteiger partial charge on any atom is -0.378 e. The second-order valence-electron chi connectivity index (χ2n) is 43.7. The van der Waals surface area contributed by atoms with Crippen LogP contribution in [0.3, 0.4) is 0 Å². The van der Waals surface area contributed by atoms with Gasteiger partial charge in [0.1, 0.15) is 0 Å². The zero-order chi connectivity index (χ0) is 95.5. The number of piperidine rings is 6. The fraction of sp³-hybridized carbons (Fsp3) is 0.400. The van der Waals surface area contributed by atoms with Gasteiger partial charge in [0.2, 0.25) is 26.9 Å². The second-order valence-corrected chi connectivity index (χ2v) is 52.4. The van der Waals surface area contributed by atoms with E-state index in [0.29, 0.717) is 38.9 Å². The van der Waals surface area contributed by atoms with E-state index in [0.717, 1.165) is 88.1 Å². The monoisotopic (exact) mass is 2020 g/mol. The summed E-state index contributed by atoms with van der Waals surface area (Å²) in [6.45, 7) is 39.5. The topological polar surface area (TPSA) is 44.4 Å². The highest BCUT2D eigenvalue weighted by Crippen LogP contribution is 2.49. The average molecular weight is 2020 g/mol. The molecule has 12 aromatic carbocycles. The molecule has 12 aromatic rings. The van der Waals surface area contributed by atoms with Crippen LogP contribution >= 0.6 is 94.1 Å². The van der Waals surface area contributed by atoms with Crippen LogP contribution in [0.5, 0.6) is 0 Å². The van der Waals surface area contributed by atoms with Crippen molar-refractivity contribution in [2.75, 3.05) is 157 Å². The number of fused-ring (bicyclic) bond motifs is 16. The lowest BCUT2D eigenvalue weighted by molar-refractivity contribution is 0.122. The summed E-state index contributed by atoms with van der Waals surface area (Å²) in [7, 11) is 0. The molecule has 16 aliphatic rings. The van der Waals surface area contributed by atoms with Gasteiger partial charge in [0.05, 0.1) is 26.4 Å². The Morgan fingerprint density at radius 1 is 0.225 bits per heavy atom. The minimum absolute atomic E-state index is 0.307. The number of hydrogen-bond acceptors (Lipinski definition) is 18. The molecule has 8 saturated heterocycles. The van der Waals surface area contributed by atoms with Gasteiger partial charge in [-0.3, -0.25) is 0 Å². The number of rotatable bonds is 10. The molecule has 0 radical (unpaired) electrons. The van der Waals surface area contributed by atoms with Crippen molar-refractivity contribution in [3.8, 4) is 0 Å². The van der Waals surface area contributed by atoms with E-state index >= 15 is 0 Å². The molecule has 0 spiro atoms. The van der Waals surface area contributed by atoms with Crippen molar-refractivity contribution >= 4 is 232 Å². The lowest BCUT2D eigenvalue weighted by Gasteiger charge is -2.38. The third kappa shape index (κ3) is 18.5. The van der Waals surface area contributed by atoms with Gasteiger partial charge in [-0.2, -0.15) is 0 Å². The first-order valence-corrected chi connectivity index (χ1v) is 60.4. The Morgan fingerprint density at radius 3 is 0.648 bits per heavy atom. The quantitative estimate of drug-likeness (QED) is 0.122. The molecule has 0 N–H and O–H groups in total. The Kier molecular flexibility index (Phi) is 27.4. The minimum atomic E-state index is 0.307. The van der Waals surface area contributed by atoms with Crippen molar-refractivity contribution in [2.24, 2.45) is 35.5 Å². The fourth-order valence-electron chi connectivity index (χ4n) is 25.9. The van der Waals surface area contributed by atoms with E-state index < -0.39 is 0 Å². The molecule has 724 valence electrons. The van der Waals surface area contributed by atoms with E-state index in [1.165, 1.54) is 345 Å². The van der Waals surface area contributed by atoms with Gasteiger partial charge in [0.25, 0.3) is 0 Å². The number of hydrogen-bond donors (Lipinski definition) is 0. The van der Waals surface area contributed by atoms with Crippen molar-refractivity contribution in [1.82, 2.24) is 0 Å². The van der Waals surface area contributed by atoms with E-state index in [9.17, 15) is 0 Å². The van der Waals surface area contributed by atoms with Crippen molar-refractivity contribution < 1.29 is 9.47 Å². The van der Waals surface area contributed by atoms with E-state index in [4.69, 9.17) is 9.47 Å². The Hall–Kier alpha value is -7.98. The van der Waals surface area contributed by atoms with E-state index in [1.807, 2.05) is 94.1 Å². The summed E-state index contributed by atoms with van der Waals surface area (Å²) in [6.07, 6.45) is 18.5. The molecule has 10 nitrogen and oxygen atoms in total. The predicted octanol–water partition coefficient (Wildman–Crippen LogP) is 21.2. The van der Waals surface area contributed by atoms with Crippen LogP contribution in [0.4, 0.5) is 45.5 Å². The lowest BCUT2D eigenvalue weighted by atomic mass is 9.36. The molecule has 2 atom stereocenters. The molecule has 0 aliphatic carbocycles. The SMILES string of the molecule is CC(C)C1CCN(c2ccc3c(c2)Sc2cccc4c2B3c2ccc(N3CCC(C(C)C)CC3)cc2S4)CC1.CC1CCCCN1c1ccc2c(c1)Sc1cccc3c1B2c1ccc(N2CCCCC2C)cc1S3.CC1CCN(c2ccc3c(c2)Sc2cccc4c2B3c2ccc(N3CCC(C)CC3)cc2S4)CC1.c1cc2c3c(c1)Sc1cc(N4CCOCC4)ccc1B3c1ccc(N3CCOCC3)cc1S2. The first-order chi connectivity index (χ1) is 69.6.